The van der Waals surface area contributed by atoms with Crippen LogP contribution in [-0.2, 0) is 0 Å². The summed E-state index contributed by atoms with van der Waals surface area (Å²) in [4.78, 5) is 0. The maximum Gasteiger partial charge on any atom is 0.210 e. The Morgan fingerprint density at radius 1 is 1.00 bits per heavy atom. The van der Waals surface area contributed by atoms with Gasteiger partial charge in [-0.25, -0.2) is 18.8 Å². The smallest absolute Gasteiger partial charge is 0.210 e. The molecule has 0 aliphatic rings. The lowest BCUT2D eigenvalue weighted by molar-refractivity contribution is 0.524. The van der Waals surface area contributed by atoms with E-state index in [4.69, 9.17) is 4.74 Å². The first kappa shape index (κ1) is 13.8. The first-order chi connectivity index (χ1) is 6.15. The monoisotopic (exact) mass is 218 g/mol. The van der Waals surface area contributed by atoms with Gasteiger partial charge in [0.25, 0.3) is 0 Å². The van der Waals surface area contributed by atoms with E-state index >= 15 is 0 Å². The first-order valence-corrected chi connectivity index (χ1v) is 6.23. The summed E-state index contributed by atoms with van der Waals surface area (Å²) in [6.07, 6.45) is 0. The van der Waals surface area contributed by atoms with Crippen LogP contribution in [0.4, 0.5) is 0 Å². The predicted molar refractivity (Wildman–Crippen MR) is 66.0 cm³/mol. The van der Waals surface area contributed by atoms with E-state index in [-0.39, 0.29) is 5.54 Å². The predicted octanol–water partition coefficient (Wildman–Crippen LogP) is 2.55. The van der Waals surface area contributed by atoms with Gasteiger partial charge in [0, 0.05) is 0 Å². The normalized spacial score (nSPS) is 13.5. The van der Waals surface area contributed by atoms with Crippen molar-refractivity contribution in [2.45, 2.75) is 26.3 Å². The molecule has 0 rings (SSSR count). The Labute approximate surface area is 88.2 Å². The Morgan fingerprint density at radius 2 is 1.36 bits per heavy atom. The van der Waals surface area contributed by atoms with E-state index in [1.54, 1.807) is 0 Å². The van der Waals surface area contributed by atoms with Crippen LogP contribution in [0.5, 0.6) is 0 Å². The molecule has 0 N–H and O–H groups in total. The van der Waals surface area contributed by atoms with E-state index in [2.05, 4.69) is 41.6 Å². The van der Waals surface area contributed by atoms with Gasteiger partial charge in [-0.05, 0) is 55.7 Å². The lowest BCUT2D eigenvalue weighted by Crippen LogP contribution is -2.23. The fourth-order valence-corrected chi connectivity index (χ4v) is 3.67. The third-order valence-electron chi connectivity index (χ3n) is 1.70. The number of hydrogen-bond donors (Lipinski definition) is 0. The third-order valence-corrected chi connectivity index (χ3v) is 5.09. The van der Waals surface area contributed by atoms with Crippen molar-refractivity contribution in [2.75, 3.05) is 28.2 Å². The summed E-state index contributed by atoms with van der Waals surface area (Å²) in [5.74, 6) is 0. The van der Waals surface area contributed by atoms with Crippen molar-refractivity contribution in [3.8, 4) is 0 Å². The van der Waals surface area contributed by atoms with Crippen LogP contribution < -0.4 is 0 Å². The molecule has 0 atom stereocenters. The molecule has 0 saturated heterocycles. The van der Waals surface area contributed by atoms with E-state index in [1.165, 1.54) is 0 Å². The molecule has 0 fully saturated rings. The molecule has 4 nitrogen and oxygen atoms in total. The molecule has 0 unspecified atom stereocenters. The van der Waals surface area contributed by atoms with Gasteiger partial charge in [0.15, 0.2) is 0 Å². The van der Waals surface area contributed by atoms with Gasteiger partial charge in [-0.3, -0.25) is 0 Å². The van der Waals surface area contributed by atoms with E-state index in [0.717, 1.165) is 0 Å². The second kappa shape index (κ2) is 4.56. The molecule has 0 radical (unpaired) electrons. The molecule has 0 aliphatic carbocycles. The van der Waals surface area contributed by atoms with Gasteiger partial charge in [0.2, 0.25) is 7.51 Å². The van der Waals surface area contributed by atoms with Crippen molar-refractivity contribution < 1.29 is 0 Å². The van der Waals surface area contributed by atoms with Gasteiger partial charge in [-0.15, -0.1) is 0 Å². The number of hydrogen-bond acceptors (Lipinski definition) is 1. The summed E-state index contributed by atoms with van der Waals surface area (Å²) in [5.41, 5.74) is -0.0937. The van der Waals surface area contributed by atoms with Crippen LogP contribution >= 0.6 is 7.51 Å². The Bertz CT molecular complexity index is 238. The highest BCUT2D eigenvalue weighted by Gasteiger charge is 2.26. The summed E-state index contributed by atoms with van der Waals surface area (Å²) >= 11 is 0. The minimum absolute atomic E-state index is 0.0937. The average Bonchev–Trinajstić information content (AvgIpc) is 1.97. The van der Waals surface area contributed by atoms with Gasteiger partial charge in [-0.1, -0.05) is 0 Å². The summed E-state index contributed by atoms with van der Waals surface area (Å²) in [7, 11) is 6.05. The second-order valence-corrected chi connectivity index (χ2v) is 7.80. The average molecular weight is 218 g/mol. The summed E-state index contributed by atoms with van der Waals surface area (Å²) in [6, 6.07) is 0. The molecule has 5 heteroatoms. The topological polar surface area (TPSA) is 31.2 Å². The second-order valence-electron chi connectivity index (χ2n) is 4.64. The van der Waals surface area contributed by atoms with Crippen LogP contribution in [0.3, 0.4) is 0 Å². The van der Waals surface area contributed by atoms with Gasteiger partial charge in [0.05, 0.1) is 5.54 Å². The largest absolute Gasteiger partial charge is 0.249 e. The van der Waals surface area contributed by atoms with Crippen LogP contribution in [-0.4, -0.2) is 49.8 Å². The van der Waals surface area contributed by atoms with Gasteiger partial charge in [0.1, 0.15) is 0 Å². The summed E-state index contributed by atoms with van der Waals surface area (Å²) in [6.45, 7) is 9.93. The third kappa shape index (κ3) is 3.19. The maximum absolute atomic E-state index is 4.79. The number of rotatable bonds is 3. The van der Waals surface area contributed by atoms with E-state index in [0.29, 0.717) is 0 Å². The number of nitrogens with zero attached hydrogens (tertiary/aromatic N) is 4. The van der Waals surface area contributed by atoms with Crippen LogP contribution in [0.2, 0.25) is 0 Å². The highest BCUT2D eigenvalue weighted by Crippen LogP contribution is 2.55. The zero-order chi connectivity index (χ0) is 11.6. The molecule has 0 heterocycles. The van der Waals surface area contributed by atoms with E-state index < -0.39 is 7.51 Å². The van der Waals surface area contributed by atoms with Crippen LogP contribution in [0.1, 0.15) is 20.8 Å². The minimum Gasteiger partial charge on any atom is -0.249 e. The lowest BCUT2D eigenvalue weighted by atomic mass is 10.1. The van der Waals surface area contributed by atoms with Crippen molar-refractivity contribution in [1.82, 2.24) is 9.34 Å². The summed E-state index contributed by atoms with van der Waals surface area (Å²) < 4.78 is 13.2. The molecule has 0 spiro atoms. The molecule has 14 heavy (non-hydrogen) atoms. The fraction of sp³-hybridized carbons (Fsp3) is 0.889. The Balaban J connectivity index is 5.49. The Hall–Kier alpha value is -0.180. The Morgan fingerprint density at radius 3 is 1.43 bits per heavy atom. The molecular formula is C9H23N4P. The van der Waals surface area contributed by atoms with E-state index in [9.17, 15) is 0 Å². The maximum atomic E-state index is 4.79. The molecule has 84 valence electrons. The molecule has 0 bridgehead atoms. The zero-order valence-corrected chi connectivity index (χ0v) is 11.3. The molecule has 0 aromatic rings. The molecule has 0 saturated carbocycles. The van der Waals surface area contributed by atoms with Crippen molar-refractivity contribution in [1.29, 1.82) is 0 Å². The van der Waals surface area contributed by atoms with Crippen LogP contribution in [0.15, 0.2) is 9.51 Å². The van der Waals surface area contributed by atoms with Crippen molar-refractivity contribution in [3.05, 3.63) is 0 Å². The van der Waals surface area contributed by atoms with Gasteiger partial charge < -0.3 is 0 Å². The fourth-order valence-electron chi connectivity index (χ4n) is 1.22. The SMILES string of the molecule is C=NP(=NC(C)(C)C)(N(C)C)N(C)C. The van der Waals surface area contributed by atoms with Gasteiger partial charge in [-0.2, -0.15) is 0 Å². The van der Waals surface area contributed by atoms with Crippen molar-refractivity contribution >= 4 is 14.2 Å². The highest BCUT2D eigenvalue weighted by atomic mass is 31.2. The quantitative estimate of drug-likeness (QED) is 0.538. The summed E-state index contributed by atoms with van der Waals surface area (Å²) in [5, 5.41) is 0. The standard InChI is InChI=1S/C9H23N4P/c1-9(2,3)11-14(10-4,12(5)6)13(7)8/h4H2,1-3,5-8H3. The minimum atomic E-state index is -1.94. The van der Waals surface area contributed by atoms with Gasteiger partial charge >= 0.3 is 0 Å². The molecule has 0 aromatic carbocycles. The Kier molecular flexibility index (Phi) is 4.50. The lowest BCUT2D eigenvalue weighted by Gasteiger charge is -2.34. The van der Waals surface area contributed by atoms with Crippen LogP contribution in [0.25, 0.3) is 0 Å². The van der Waals surface area contributed by atoms with Crippen LogP contribution in [0, 0.1) is 0 Å². The molecule has 0 aromatic heterocycles. The molecule has 0 aliphatic heterocycles. The highest BCUT2D eigenvalue weighted by molar-refractivity contribution is 7.60. The zero-order valence-electron chi connectivity index (χ0n) is 10.4. The molecule has 0 amide bonds. The van der Waals surface area contributed by atoms with Crippen molar-refractivity contribution in [2.24, 2.45) is 9.51 Å². The van der Waals surface area contributed by atoms with Crippen molar-refractivity contribution in [3.63, 3.8) is 0 Å². The first-order valence-electron chi connectivity index (χ1n) is 4.63. The van der Waals surface area contributed by atoms with E-state index in [1.807, 2.05) is 28.2 Å². The molecular weight excluding hydrogens is 195 g/mol.